The average Bonchev–Trinajstić information content (AvgIpc) is 2.15. The fourth-order valence-corrected chi connectivity index (χ4v) is 1.12. The number of nitrogens with two attached hydrogens (primary N) is 1. The molecule has 0 aromatic rings. The third kappa shape index (κ3) is 0.976. The highest BCUT2D eigenvalue weighted by molar-refractivity contribution is 5.90. The minimum Gasteiger partial charge on any atom is -0.394 e. The quantitative estimate of drug-likeness (QED) is 0.498. The van der Waals surface area contributed by atoms with Crippen molar-refractivity contribution in [2.75, 3.05) is 6.61 Å². The van der Waals surface area contributed by atoms with Crippen molar-refractivity contribution in [3.63, 3.8) is 0 Å². The number of hydrogen-bond donors (Lipinski definition) is 2. The van der Waals surface area contributed by atoms with Crippen molar-refractivity contribution < 1.29 is 9.90 Å². The molecule has 0 bridgehead atoms. The third-order valence-corrected chi connectivity index (χ3v) is 1.86. The first-order valence-electron chi connectivity index (χ1n) is 3.12. The van der Waals surface area contributed by atoms with E-state index >= 15 is 0 Å². The van der Waals surface area contributed by atoms with Gasteiger partial charge < -0.3 is 10.8 Å². The molecule has 0 aromatic carbocycles. The first kappa shape index (κ1) is 6.71. The molecule has 1 aliphatic rings. The molecule has 0 radical (unpaired) electrons. The van der Waals surface area contributed by atoms with Crippen molar-refractivity contribution >= 4 is 5.78 Å². The molecule has 0 saturated heterocycles. The Morgan fingerprint density at radius 3 is 2.67 bits per heavy atom. The van der Waals surface area contributed by atoms with Crippen molar-refractivity contribution in [3.8, 4) is 0 Å². The first-order chi connectivity index (χ1) is 4.19. The smallest absolute Gasteiger partial charge is 0.155 e. The van der Waals surface area contributed by atoms with Crippen molar-refractivity contribution in [2.45, 2.75) is 24.8 Å². The maximum Gasteiger partial charge on any atom is 0.155 e. The second kappa shape index (κ2) is 2.08. The van der Waals surface area contributed by atoms with Crippen molar-refractivity contribution in [3.05, 3.63) is 0 Å². The molecule has 1 fully saturated rings. The van der Waals surface area contributed by atoms with E-state index in [2.05, 4.69) is 0 Å². The monoisotopic (exact) mass is 129 g/mol. The highest BCUT2D eigenvalue weighted by Gasteiger charge is 2.37. The van der Waals surface area contributed by atoms with Gasteiger partial charge in [0.2, 0.25) is 0 Å². The standard InChI is InChI=1S/C6H11NO2/c7-6(4-8)3-1-2-5(6)9/h8H,1-4,7H2. The van der Waals surface area contributed by atoms with Gasteiger partial charge in [-0.3, -0.25) is 4.79 Å². The number of carbonyl (C=O) groups excluding carboxylic acids is 1. The van der Waals surface area contributed by atoms with Crippen LogP contribution in [0.15, 0.2) is 0 Å². The van der Waals surface area contributed by atoms with Gasteiger partial charge in [0.1, 0.15) is 0 Å². The molecule has 0 aliphatic heterocycles. The Morgan fingerprint density at radius 1 is 1.78 bits per heavy atom. The van der Waals surface area contributed by atoms with Gasteiger partial charge in [-0.15, -0.1) is 0 Å². The molecule has 1 rings (SSSR count). The van der Waals surface area contributed by atoms with E-state index in [9.17, 15) is 4.79 Å². The normalized spacial score (nSPS) is 35.6. The zero-order valence-corrected chi connectivity index (χ0v) is 5.26. The van der Waals surface area contributed by atoms with Gasteiger partial charge in [0.15, 0.2) is 5.78 Å². The van der Waals surface area contributed by atoms with E-state index in [0.29, 0.717) is 12.8 Å². The highest BCUT2D eigenvalue weighted by atomic mass is 16.3. The van der Waals surface area contributed by atoms with Gasteiger partial charge in [-0.05, 0) is 12.8 Å². The lowest BCUT2D eigenvalue weighted by molar-refractivity contribution is -0.122. The van der Waals surface area contributed by atoms with Crippen LogP contribution >= 0.6 is 0 Å². The average molecular weight is 129 g/mol. The molecule has 0 amide bonds. The molecule has 1 unspecified atom stereocenters. The topological polar surface area (TPSA) is 63.3 Å². The van der Waals surface area contributed by atoms with E-state index < -0.39 is 5.54 Å². The summed E-state index contributed by atoms with van der Waals surface area (Å²) in [5.41, 5.74) is 4.61. The summed E-state index contributed by atoms with van der Waals surface area (Å²) in [5, 5.41) is 8.65. The highest BCUT2D eigenvalue weighted by Crippen LogP contribution is 2.22. The minimum absolute atomic E-state index is 0.00463. The Morgan fingerprint density at radius 2 is 2.44 bits per heavy atom. The fraction of sp³-hybridized carbons (Fsp3) is 0.833. The Hall–Kier alpha value is -0.410. The van der Waals surface area contributed by atoms with Crippen molar-refractivity contribution in [2.24, 2.45) is 5.73 Å². The van der Waals surface area contributed by atoms with Crippen LogP contribution in [0.2, 0.25) is 0 Å². The molecule has 9 heavy (non-hydrogen) atoms. The second-order valence-electron chi connectivity index (χ2n) is 2.59. The summed E-state index contributed by atoms with van der Waals surface area (Å²) in [6.45, 7) is -0.203. The van der Waals surface area contributed by atoms with Crippen LogP contribution in [0.3, 0.4) is 0 Å². The Labute approximate surface area is 53.9 Å². The molecule has 3 heteroatoms. The molecule has 1 aliphatic carbocycles. The zero-order chi connectivity index (χ0) is 6.91. The third-order valence-electron chi connectivity index (χ3n) is 1.86. The van der Waals surface area contributed by atoms with Gasteiger partial charge in [0, 0.05) is 6.42 Å². The van der Waals surface area contributed by atoms with E-state index in [0.717, 1.165) is 6.42 Å². The van der Waals surface area contributed by atoms with Crippen LogP contribution < -0.4 is 5.73 Å². The van der Waals surface area contributed by atoms with Crippen LogP contribution in [0.4, 0.5) is 0 Å². The summed E-state index contributed by atoms with van der Waals surface area (Å²) in [6.07, 6.45) is 2.01. The maximum absolute atomic E-state index is 10.8. The van der Waals surface area contributed by atoms with Crippen LogP contribution in [0.25, 0.3) is 0 Å². The maximum atomic E-state index is 10.8. The van der Waals surface area contributed by atoms with E-state index in [-0.39, 0.29) is 12.4 Å². The molecule has 0 spiro atoms. The molecule has 1 saturated carbocycles. The van der Waals surface area contributed by atoms with Gasteiger partial charge in [0.05, 0.1) is 12.1 Å². The predicted octanol–water partition coefficient (Wildman–Crippen LogP) is -0.571. The Bertz CT molecular complexity index is 135. The summed E-state index contributed by atoms with van der Waals surface area (Å²) in [7, 11) is 0. The Balaban J connectivity index is 2.67. The van der Waals surface area contributed by atoms with Gasteiger partial charge in [-0.25, -0.2) is 0 Å². The lowest BCUT2D eigenvalue weighted by Crippen LogP contribution is -2.47. The van der Waals surface area contributed by atoms with Crippen LogP contribution in [0.5, 0.6) is 0 Å². The number of hydrogen-bond acceptors (Lipinski definition) is 3. The Kier molecular flexibility index (Phi) is 1.55. The van der Waals surface area contributed by atoms with Crippen LogP contribution in [-0.2, 0) is 4.79 Å². The molecule has 0 aromatic heterocycles. The van der Waals surface area contributed by atoms with E-state index in [1.807, 2.05) is 0 Å². The van der Waals surface area contributed by atoms with Crippen molar-refractivity contribution in [1.82, 2.24) is 0 Å². The fourth-order valence-electron chi connectivity index (χ4n) is 1.12. The lowest BCUT2D eigenvalue weighted by Gasteiger charge is -2.16. The van der Waals surface area contributed by atoms with Crippen LogP contribution in [0, 0.1) is 0 Å². The van der Waals surface area contributed by atoms with Crippen LogP contribution in [-0.4, -0.2) is 23.0 Å². The van der Waals surface area contributed by atoms with Crippen molar-refractivity contribution in [1.29, 1.82) is 0 Å². The molecular formula is C6H11NO2. The van der Waals surface area contributed by atoms with E-state index in [4.69, 9.17) is 10.8 Å². The summed E-state index contributed by atoms with van der Waals surface area (Å²) in [4.78, 5) is 10.8. The number of rotatable bonds is 1. The summed E-state index contributed by atoms with van der Waals surface area (Å²) in [5.74, 6) is 0.00463. The van der Waals surface area contributed by atoms with Gasteiger partial charge in [-0.1, -0.05) is 0 Å². The van der Waals surface area contributed by atoms with Gasteiger partial charge >= 0.3 is 0 Å². The lowest BCUT2D eigenvalue weighted by atomic mass is 10.00. The van der Waals surface area contributed by atoms with E-state index in [1.54, 1.807) is 0 Å². The number of carbonyl (C=O) groups is 1. The SMILES string of the molecule is NC1(CO)CCCC1=O. The molecule has 3 nitrogen and oxygen atoms in total. The molecule has 1 atom stereocenters. The molecular weight excluding hydrogens is 118 g/mol. The summed E-state index contributed by atoms with van der Waals surface area (Å²) >= 11 is 0. The number of aliphatic hydroxyl groups excluding tert-OH is 1. The van der Waals surface area contributed by atoms with Gasteiger partial charge in [-0.2, -0.15) is 0 Å². The predicted molar refractivity (Wildman–Crippen MR) is 32.9 cm³/mol. The van der Waals surface area contributed by atoms with Crippen LogP contribution in [0.1, 0.15) is 19.3 Å². The van der Waals surface area contributed by atoms with Gasteiger partial charge in [0.25, 0.3) is 0 Å². The summed E-state index contributed by atoms with van der Waals surface area (Å²) < 4.78 is 0. The summed E-state index contributed by atoms with van der Waals surface area (Å²) in [6, 6.07) is 0. The second-order valence-corrected chi connectivity index (χ2v) is 2.59. The molecule has 0 heterocycles. The zero-order valence-electron chi connectivity index (χ0n) is 5.26. The molecule has 3 N–H and O–H groups in total. The molecule has 52 valence electrons. The number of Topliss-reactive ketones (excluding diaryl/α,β-unsaturated/α-hetero) is 1. The number of aliphatic hydroxyl groups is 1. The first-order valence-corrected chi connectivity index (χ1v) is 3.12. The van der Waals surface area contributed by atoms with E-state index in [1.165, 1.54) is 0 Å². The number of ketones is 1. The largest absolute Gasteiger partial charge is 0.394 e. The minimum atomic E-state index is -0.889.